The lowest BCUT2D eigenvalue weighted by Crippen LogP contribution is -2.12. The van der Waals surface area contributed by atoms with E-state index in [1.165, 1.54) is 0 Å². The molecule has 0 spiro atoms. The van der Waals surface area contributed by atoms with Gasteiger partial charge in [-0.25, -0.2) is 4.98 Å². The smallest absolute Gasteiger partial charge is 0.106 e. The molecule has 17 heavy (non-hydrogen) atoms. The van der Waals surface area contributed by atoms with Gasteiger partial charge in [-0.3, -0.25) is 4.68 Å². The van der Waals surface area contributed by atoms with E-state index in [2.05, 4.69) is 48.8 Å². The van der Waals surface area contributed by atoms with Gasteiger partial charge in [0.05, 0.1) is 11.4 Å². The van der Waals surface area contributed by atoms with E-state index in [-0.39, 0.29) is 5.41 Å². The molecule has 92 valence electrons. The van der Waals surface area contributed by atoms with Crippen LogP contribution in [0.2, 0.25) is 0 Å². The summed E-state index contributed by atoms with van der Waals surface area (Å²) >= 11 is 0. The van der Waals surface area contributed by atoms with Gasteiger partial charge in [-0.15, -0.1) is 0 Å². The van der Waals surface area contributed by atoms with E-state index in [1.807, 2.05) is 17.9 Å². The van der Waals surface area contributed by atoms with Crippen molar-refractivity contribution in [3.05, 3.63) is 23.8 Å². The van der Waals surface area contributed by atoms with E-state index in [9.17, 15) is 0 Å². The quantitative estimate of drug-likeness (QED) is 0.865. The topological polar surface area (TPSA) is 46.5 Å². The Morgan fingerprint density at radius 2 is 2.06 bits per heavy atom. The van der Waals surface area contributed by atoms with E-state index >= 15 is 0 Å². The van der Waals surface area contributed by atoms with Crippen molar-refractivity contribution < 1.29 is 0 Å². The SMILES string of the molecule is CCc1nc(-c2cc(C(C)(C)C)nn2C)c[nH]1. The summed E-state index contributed by atoms with van der Waals surface area (Å²) in [4.78, 5) is 7.72. The van der Waals surface area contributed by atoms with Gasteiger partial charge >= 0.3 is 0 Å². The second kappa shape index (κ2) is 4.02. The standard InChI is InChI=1S/C13H20N4/c1-6-12-14-8-9(15-12)10-7-11(13(2,3)4)16-17(10)5/h7-8H,6H2,1-5H3,(H,14,15). The summed E-state index contributed by atoms with van der Waals surface area (Å²) < 4.78 is 1.90. The van der Waals surface area contributed by atoms with Crippen molar-refractivity contribution in [2.75, 3.05) is 0 Å². The highest BCUT2D eigenvalue weighted by atomic mass is 15.3. The molecule has 0 radical (unpaired) electrons. The van der Waals surface area contributed by atoms with E-state index in [0.717, 1.165) is 29.3 Å². The van der Waals surface area contributed by atoms with Crippen LogP contribution in [0.5, 0.6) is 0 Å². The van der Waals surface area contributed by atoms with Gasteiger partial charge in [0.25, 0.3) is 0 Å². The van der Waals surface area contributed by atoms with Crippen LogP contribution in [0.25, 0.3) is 11.4 Å². The monoisotopic (exact) mass is 232 g/mol. The van der Waals surface area contributed by atoms with Gasteiger partial charge in [-0.1, -0.05) is 27.7 Å². The van der Waals surface area contributed by atoms with Crippen molar-refractivity contribution in [2.24, 2.45) is 7.05 Å². The summed E-state index contributed by atoms with van der Waals surface area (Å²) in [7, 11) is 1.96. The van der Waals surface area contributed by atoms with Gasteiger partial charge in [0, 0.05) is 25.1 Å². The lowest BCUT2D eigenvalue weighted by Gasteiger charge is -2.13. The Balaban J connectivity index is 2.42. The molecule has 0 aromatic carbocycles. The fourth-order valence-electron chi connectivity index (χ4n) is 1.75. The lowest BCUT2D eigenvalue weighted by molar-refractivity contribution is 0.553. The molecule has 0 saturated heterocycles. The minimum atomic E-state index is 0.0693. The van der Waals surface area contributed by atoms with Crippen molar-refractivity contribution in [2.45, 2.75) is 39.5 Å². The minimum Gasteiger partial charge on any atom is -0.348 e. The Morgan fingerprint density at radius 3 is 2.53 bits per heavy atom. The van der Waals surface area contributed by atoms with Crippen LogP contribution in [-0.2, 0) is 18.9 Å². The van der Waals surface area contributed by atoms with E-state index in [1.54, 1.807) is 0 Å². The Kier molecular flexibility index (Phi) is 2.81. The number of aromatic nitrogens is 4. The van der Waals surface area contributed by atoms with Gasteiger partial charge in [0.1, 0.15) is 11.5 Å². The zero-order valence-corrected chi connectivity index (χ0v) is 11.2. The summed E-state index contributed by atoms with van der Waals surface area (Å²) in [6.07, 6.45) is 2.87. The molecule has 0 aliphatic rings. The third kappa shape index (κ3) is 2.25. The Hall–Kier alpha value is -1.58. The van der Waals surface area contributed by atoms with Crippen molar-refractivity contribution in [3.63, 3.8) is 0 Å². The van der Waals surface area contributed by atoms with Crippen molar-refractivity contribution in [1.29, 1.82) is 0 Å². The highest BCUT2D eigenvalue weighted by Crippen LogP contribution is 2.25. The molecule has 1 N–H and O–H groups in total. The van der Waals surface area contributed by atoms with Crippen LogP contribution in [-0.4, -0.2) is 19.7 Å². The third-order valence-electron chi connectivity index (χ3n) is 2.88. The summed E-state index contributed by atoms with van der Waals surface area (Å²) in [5.74, 6) is 1.01. The van der Waals surface area contributed by atoms with Crippen molar-refractivity contribution in [1.82, 2.24) is 19.7 Å². The number of aromatic amines is 1. The van der Waals surface area contributed by atoms with Crippen molar-refractivity contribution in [3.8, 4) is 11.4 Å². The number of rotatable bonds is 2. The fraction of sp³-hybridized carbons (Fsp3) is 0.538. The highest BCUT2D eigenvalue weighted by molar-refractivity contribution is 5.55. The van der Waals surface area contributed by atoms with Crippen LogP contribution < -0.4 is 0 Å². The molecule has 2 aromatic rings. The number of hydrogen-bond donors (Lipinski definition) is 1. The first kappa shape index (κ1) is 11.9. The lowest BCUT2D eigenvalue weighted by atomic mass is 9.92. The molecule has 2 heterocycles. The van der Waals surface area contributed by atoms with Crippen LogP contribution in [0.3, 0.4) is 0 Å². The molecule has 0 amide bonds. The van der Waals surface area contributed by atoms with Gasteiger partial charge in [-0.2, -0.15) is 5.10 Å². The van der Waals surface area contributed by atoms with Gasteiger partial charge in [0.2, 0.25) is 0 Å². The number of aryl methyl sites for hydroxylation is 2. The molecule has 0 atom stereocenters. The Morgan fingerprint density at radius 1 is 1.35 bits per heavy atom. The van der Waals surface area contributed by atoms with Gasteiger partial charge in [-0.05, 0) is 6.07 Å². The van der Waals surface area contributed by atoms with Crippen LogP contribution in [0, 0.1) is 0 Å². The minimum absolute atomic E-state index is 0.0693. The number of imidazole rings is 1. The molecule has 0 unspecified atom stereocenters. The molecule has 4 nitrogen and oxygen atoms in total. The number of nitrogens with one attached hydrogen (secondary N) is 1. The largest absolute Gasteiger partial charge is 0.348 e. The first-order chi connectivity index (χ1) is 7.91. The van der Waals surface area contributed by atoms with Crippen LogP contribution >= 0.6 is 0 Å². The maximum atomic E-state index is 4.56. The summed E-state index contributed by atoms with van der Waals surface area (Å²) in [5.41, 5.74) is 3.19. The van der Waals surface area contributed by atoms with Crippen LogP contribution in [0.15, 0.2) is 12.3 Å². The second-order valence-corrected chi connectivity index (χ2v) is 5.37. The molecule has 2 aromatic heterocycles. The molecule has 0 aliphatic carbocycles. The normalized spacial score (nSPS) is 12.1. The van der Waals surface area contributed by atoms with Gasteiger partial charge in [0.15, 0.2) is 0 Å². The molecule has 2 rings (SSSR count). The van der Waals surface area contributed by atoms with Crippen molar-refractivity contribution >= 4 is 0 Å². The molecule has 0 bridgehead atoms. The molecular formula is C13H20N4. The summed E-state index contributed by atoms with van der Waals surface area (Å²) in [6, 6.07) is 2.12. The first-order valence-corrected chi connectivity index (χ1v) is 6.01. The number of H-pyrrole nitrogens is 1. The zero-order valence-electron chi connectivity index (χ0n) is 11.2. The maximum absolute atomic E-state index is 4.56. The molecule has 4 heteroatoms. The highest BCUT2D eigenvalue weighted by Gasteiger charge is 2.20. The average molecular weight is 232 g/mol. The van der Waals surface area contributed by atoms with E-state index in [0.29, 0.717) is 0 Å². The Labute approximate surface area is 102 Å². The predicted molar refractivity (Wildman–Crippen MR) is 68.9 cm³/mol. The molecule has 0 saturated carbocycles. The fourth-order valence-corrected chi connectivity index (χ4v) is 1.75. The van der Waals surface area contributed by atoms with Gasteiger partial charge < -0.3 is 4.98 Å². The molecule has 0 aliphatic heterocycles. The van der Waals surface area contributed by atoms with E-state index < -0.39 is 0 Å². The number of hydrogen-bond acceptors (Lipinski definition) is 2. The molecular weight excluding hydrogens is 212 g/mol. The summed E-state index contributed by atoms with van der Waals surface area (Å²) in [6.45, 7) is 8.59. The van der Waals surface area contributed by atoms with Crippen LogP contribution in [0.1, 0.15) is 39.2 Å². The first-order valence-electron chi connectivity index (χ1n) is 6.01. The maximum Gasteiger partial charge on any atom is 0.106 e. The third-order valence-corrected chi connectivity index (χ3v) is 2.88. The second-order valence-electron chi connectivity index (χ2n) is 5.37. The Bertz CT molecular complexity index is 514. The molecule has 0 fully saturated rings. The number of nitrogens with zero attached hydrogens (tertiary/aromatic N) is 3. The predicted octanol–water partition coefficient (Wildman–Crippen LogP) is 2.67. The van der Waals surface area contributed by atoms with E-state index in [4.69, 9.17) is 0 Å². The van der Waals surface area contributed by atoms with Crippen LogP contribution in [0.4, 0.5) is 0 Å². The summed E-state index contributed by atoms with van der Waals surface area (Å²) in [5, 5.41) is 4.56. The zero-order chi connectivity index (χ0) is 12.6. The average Bonchev–Trinajstić information content (AvgIpc) is 2.82.